The lowest BCUT2D eigenvalue weighted by Gasteiger charge is -2.20. The number of alkyl halides is 3. The van der Waals surface area contributed by atoms with E-state index in [1.807, 2.05) is 0 Å². The van der Waals surface area contributed by atoms with Crippen LogP contribution < -0.4 is 11.1 Å². The maximum Gasteiger partial charge on any atom is 0.471 e. The minimum Gasteiger partial charge on any atom is -0.333 e. The quantitative estimate of drug-likeness (QED) is 0.748. The fourth-order valence-electron chi connectivity index (χ4n) is 3.08. The van der Waals surface area contributed by atoms with Crippen molar-refractivity contribution >= 4 is 40.7 Å². The zero-order chi connectivity index (χ0) is 21.3. The molecule has 5 nitrogen and oxygen atoms in total. The summed E-state index contributed by atoms with van der Waals surface area (Å²) >= 11 is 12.0. The molecule has 0 saturated heterocycles. The van der Waals surface area contributed by atoms with E-state index >= 15 is 0 Å². The topological polar surface area (TPSA) is 75.4 Å². The van der Waals surface area contributed by atoms with E-state index < -0.39 is 18.1 Å². The van der Waals surface area contributed by atoms with E-state index in [1.54, 1.807) is 29.6 Å². The maximum atomic E-state index is 12.7. The summed E-state index contributed by atoms with van der Waals surface area (Å²) in [6.07, 6.45) is -4.76. The van der Waals surface area contributed by atoms with Gasteiger partial charge >= 0.3 is 12.1 Å². The molecule has 0 fully saturated rings. The first kappa shape index (κ1) is 21.4. The van der Waals surface area contributed by atoms with Crippen LogP contribution in [0.1, 0.15) is 16.7 Å². The molecule has 1 unspecified atom stereocenters. The van der Waals surface area contributed by atoms with E-state index in [-0.39, 0.29) is 31.1 Å². The SMILES string of the molecule is NC(Cc1ccc(Cl)cc1Cl)C(=O)N1Cc2ccc(NC(=O)C(F)(F)F)cc2C1. The Morgan fingerprint density at radius 1 is 1.10 bits per heavy atom. The van der Waals surface area contributed by atoms with Crippen molar-refractivity contribution in [3.8, 4) is 0 Å². The van der Waals surface area contributed by atoms with E-state index in [4.69, 9.17) is 28.9 Å². The predicted molar refractivity (Wildman–Crippen MR) is 104 cm³/mol. The van der Waals surface area contributed by atoms with Crippen molar-refractivity contribution in [2.45, 2.75) is 31.7 Å². The molecule has 1 aliphatic rings. The van der Waals surface area contributed by atoms with Crippen molar-refractivity contribution in [2.24, 2.45) is 5.73 Å². The lowest BCUT2D eigenvalue weighted by Crippen LogP contribution is -2.42. The first-order valence-electron chi connectivity index (χ1n) is 8.53. The number of halogens is 5. The molecule has 10 heteroatoms. The molecule has 1 atom stereocenters. The first-order chi connectivity index (χ1) is 13.5. The fraction of sp³-hybridized carbons (Fsp3) is 0.263. The summed E-state index contributed by atoms with van der Waals surface area (Å²) in [6, 6.07) is 8.45. The molecule has 1 aliphatic heterocycles. The Morgan fingerprint density at radius 3 is 2.45 bits per heavy atom. The molecule has 154 valence electrons. The second kappa shape index (κ2) is 8.22. The second-order valence-corrected chi connectivity index (χ2v) is 7.52. The first-order valence-corrected chi connectivity index (χ1v) is 9.28. The molecule has 0 spiro atoms. The summed E-state index contributed by atoms with van der Waals surface area (Å²) in [4.78, 5) is 25.3. The van der Waals surface area contributed by atoms with Gasteiger partial charge in [0.05, 0.1) is 6.04 Å². The van der Waals surface area contributed by atoms with Crippen LogP contribution in [0, 0.1) is 0 Å². The zero-order valence-corrected chi connectivity index (χ0v) is 16.4. The molecule has 29 heavy (non-hydrogen) atoms. The van der Waals surface area contributed by atoms with Crippen LogP contribution >= 0.6 is 23.2 Å². The summed E-state index contributed by atoms with van der Waals surface area (Å²) in [6.45, 7) is 0.468. The van der Waals surface area contributed by atoms with Crippen LogP contribution in [0.4, 0.5) is 18.9 Å². The minimum atomic E-state index is -4.98. The Labute approximate surface area is 174 Å². The molecule has 3 N–H and O–H groups in total. The van der Waals surface area contributed by atoms with Crippen molar-refractivity contribution in [3.05, 3.63) is 63.1 Å². The third kappa shape index (κ3) is 5.01. The maximum absolute atomic E-state index is 12.7. The van der Waals surface area contributed by atoms with Gasteiger partial charge in [-0.05, 0) is 47.4 Å². The number of anilines is 1. The summed E-state index contributed by atoms with van der Waals surface area (Å²) in [5.74, 6) is -2.36. The van der Waals surface area contributed by atoms with Gasteiger partial charge in [0.15, 0.2) is 0 Å². The molecule has 0 aromatic heterocycles. The molecule has 2 aromatic rings. The molecule has 2 aromatic carbocycles. The number of nitrogens with two attached hydrogens (primary N) is 1. The van der Waals surface area contributed by atoms with E-state index in [0.717, 1.165) is 5.56 Å². The van der Waals surface area contributed by atoms with Crippen molar-refractivity contribution in [1.29, 1.82) is 0 Å². The smallest absolute Gasteiger partial charge is 0.333 e. The second-order valence-electron chi connectivity index (χ2n) is 6.68. The van der Waals surface area contributed by atoms with Crippen LogP contribution in [0.2, 0.25) is 10.0 Å². The molecule has 0 aliphatic carbocycles. The van der Waals surface area contributed by atoms with Gasteiger partial charge in [0, 0.05) is 28.8 Å². The highest BCUT2D eigenvalue weighted by Crippen LogP contribution is 2.28. The van der Waals surface area contributed by atoms with Crippen molar-refractivity contribution < 1.29 is 22.8 Å². The highest BCUT2D eigenvalue weighted by atomic mass is 35.5. The summed E-state index contributed by atoms with van der Waals surface area (Å²) in [5.41, 5.74) is 8.17. The number of hydrogen-bond donors (Lipinski definition) is 2. The lowest BCUT2D eigenvalue weighted by molar-refractivity contribution is -0.167. The molecular weight excluding hydrogens is 430 g/mol. The molecule has 2 amide bonds. The predicted octanol–water partition coefficient (Wildman–Crippen LogP) is 3.91. The average Bonchev–Trinajstić information content (AvgIpc) is 3.05. The van der Waals surface area contributed by atoms with Gasteiger partial charge in [-0.3, -0.25) is 9.59 Å². The Bertz CT molecular complexity index is 966. The number of fused-ring (bicyclic) bond motifs is 1. The van der Waals surface area contributed by atoms with Gasteiger partial charge in [-0.2, -0.15) is 13.2 Å². The molecular formula is C19H16Cl2F3N3O2. The lowest BCUT2D eigenvalue weighted by atomic mass is 10.1. The average molecular weight is 446 g/mol. The Balaban J connectivity index is 1.66. The number of nitrogens with one attached hydrogen (secondary N) is 1. The van der Waals surface area contributed by atoms with E-state index in [9.17, 15) is 22.8 Å². The van der Waals surface area contributed by atoms with Gasteiger partial charge in [0.1, 0.15) is 0 Å². The number of carbonyl (C=O) groups excluding carboxylic acids is 2. The van der Waals surface area contributed by atoms with Crippen LogP contribution in [0.5, 0.6) is 0 Å². The van der Waals surface area contributed by atoms with Gasteiger partial charge in [-0.1, -0.05) is 35.3 Å². The number of hydrogen-bond acceptors (Lipinski definition) is 3. The number of nitrogens with zero attached hydrogens (tertiary/aromatic N) is 1. The number of carbonyl (C=O) groups is 2. The third-order valence-corrected chi connectivity index (χ3v) is 5.11. The largest absolute Gasteiger partial charge is 0.471 e. The molecule has 1 heterocycles. The van der Waals surface area contributed by atoms with Gasteiger partial charge < -0.3 is 16.0 Å². The molecule has 0 bridgehead atoms. The van der Waals surface area contributed by atoms with Crippen molar-refractivity contribution in [1.82, 2.24) is 4.90 Å². The fourth-order valence-corrected chi connectivity index (χ4v) is 3.56. The molecule has 0 radical (unpaired) electrons. The standard InChI is InChI=1S/C19H16Cl2F3N3O2/c20-13-3-1-10(15(21)7-13)6-16(25)17(28)27-8-11-2-4-14(5-12(11)9-27)26-18(29)19(22,23)24/h1-5,7,16H,6,8-9,25H2,(H,26,29). The molecule has 3 rings (SSSR count). The van der Waals surface area contributed by atoms with Crippen LogP contribution in [-0.2, 0) is 29.1 Å². The monoisotopic (exact) mass is 445 g/mol. The minimum absolute atomic E-state index is 0.0117. The summed E-state index contributed by atoms with van der Waals surface area (Å²) in [5, 5.41) is 2.69. The van der Waals surface area contributed by atoms with Crippen molar-refractivity contribution in [2.75, 3.05) is 5.32 Å². The van der Waals surface area contributed by atoms with Crippen LogP contribution in [0.25, 0.3) is 0 Å². The highest BCUT2D eigenvalue weighted by Gasteiger charge is 2.39. The van der Waals surface area contributed by atoms with Crippen LogP contribution in [0.3, 0.4) is 0 Å². The molecule has 0 saturated carbocycles. The van der Waals surface area contributed by atoms with Crippen molar-refractivity contribution in [3.63, 3.8) is 0 Å². The Morgan fingerprint density at radius 2 is 1.79 bits per heavy atom. The number of amides is 2. The van der Waals surface area contributed by atoms with Gasteiger partial charge in [-0.15, -0.1) is 0 Å². The summed E-state index contributed by atoms with van der Waals surface area (Å²) < 4.78 is 37.2. The van der Waals surface area contributed by atoms with Crippen LogP contribution in [0.15, 0.2) is 36.4 Å². The Kier molecular flexibility index (Phi) is 6.07. The van der Waals surface area contributed by atoms with E-state index in [2.05, 4.69) is 0 Å². The van der Waals surface area contributed by atoms with Gasteiger partial charge in [-0.25, -0.2) is 0 Å². The summed E-state index contributed by atoms with van der Waals surface area (Å²) in [7, 11) is 0. The number of rotatable bonds is 4. The third-order valence-electron chi connectivity index (χ3n) is 4.53. The zero-order valence-electron chi connectivity index (χ0n) is 14.9. The Hall–Kier alpha value is -2.29. The van der Waals surface area contributed by atoms with E-state index in [0.29, 0.717) is 21.2 Å². The number of benzene rings is 2. The van der Waals surface area contributed by atoms with E-state index in [1.165, 1.54) is 17.0 Å². The van der Waals surface area contributed by atoms with Gasteiger partial charge in [0.2, 0.25) is 5.91 Å². The van der Waals surface area contributed by atoms with Gasteiger partial charge in [0.25, 0.3) is 0 Å². The van der Waals surface area contributed by atoms with Crippen LogP contribution in [-0.4, -0.2) is 28.9 Å². The highest BCUT2D eigenvalue weighted by molar-refractivity contribution is 6.35. The normalized spacial score (nSPS) is 14.5.